The van der Waals surface area contributed by atoms with Crippen LogP contribution in [0.1, 0.15) is 5.56 Å². The highest BCUT2D eigenvalue weighted by atomic mass is 16.6. The molecule has 4 amide bonds. The number of amides is 4. The zero-order chi connectivity index (χ0) is 23.1. The van der Waals surface area contributed by atoms with E-state index in [1.807, 2.05) is 42.5 Å². The third kappa shape index (κ3) is 3.53. The third-order valence-electron chi connectivity index (χ3n) is 5.52. The average molecular weight is 444 g/mol. The molecule has 166 valence electrons. The number of imide groups is 2. The molecule has 2 aliphatic rings. The molecule has 0 N–H and O–H groups in total. The number of likely N-dealkylation sites (N-methyl/N-ethyl adjacent to an activating group) is 2. The zero-order valence-corrected chi connectivity index (χ0v) is 18.0. The van der Waals surface area contributed by atoms with Crippen molar-refractivity contribution in [3.63, 3.8) is 0 Å². The molecular weight excluding hydrogens is 424 g/mol. The number of para-hydroxylation sites is 1. The number of aromatic nitrogens is 2. The van der Waals surface area contributed by atoms with Gasteiger partial charge in [-0.25, -0.2) is 9.48 Å². The highest BCUT2D eigenvalue weighted by Gasteiger charge is 2.38. The highest BCUT2D eigenvalue weighted by Crippen LogP contribution is 2.36. The van der Waals surface area contributed by atoms with Gasteiger partial charge in [0.05, 0.1) is 5.69 Å². The van der Waals surface area contributed by atoms with E-state index in [0.717, 1.165) is 21.1 Å². The van der Waals surface area contributed by atoms with Crippen molar-refractivity contribution in [2.75, 3.05) is 27.3 Å². The number of nitrogens with zero attached hydrogens (tertiary/aromatic N) is 4. The predicted molar refractivity (Wildman–Crippen MR) is 119 cm³/mol. The Morgan fingerprint density at radius 1 is 0.879 bits per heavy atom. The van der Waals surface area contributed by atoms with E-state index in [1.54, 1.807) is 16.9 Å². The maximum absolute atomic E-state index is 12.7. The molecule has 0 spiro atoms. The molecule has 1 saturated heterocycles. The second-order valence-corrected chi connectivity index (χ2v) is 7.64. The monoisotopic (exact) mass is 444 g/mol. The van der Waals surface area contributed by atoms with Gasteiger partial charge in [0.2, 0.25) is 0 Å². The summed E-state index contributed by atoms with van der Waals surface area (Å²) in [6, 6.07) is 14.3. The van der Waals surface area contributed by atoms with Crippen molar-refractivity contribution in [1.29, 1.82) is 0 Å². The summed E-state index contributed by atoms with van der Waals surface area (Å²) in [5.41, 5.74) is 2.52. The topological polar surface area (TPSA) is 94.0 Å². The third-order valence-corrected chi connectivity index (χ3v) is 5.52. The quantitative estimate of drug-likeness (QED) is 0.456. The Morgan fingerprint density at radius 3 is 2.24 bits per heavy atom. The Balaban J connectivity index is 1.66. The SMILES string of the molecule is CN1C(=O)C(=Cc2cn(-c3ccccc3)nc2-c2ccc3c(c2)OCCO3)C(=O)N(C)C1=O. The Morgan fingerprint density at radius 2 is 1.55 bits per heavy atom. The molecule has 9 heteroatoms. The first kappa shape index (κ1) is 20.5. The second-order valence-electron chi connectivity index (χ2n) is 7.64. The lowest BCUT2D eigenvalue weighted by Gasteiger charge is -2.28. The van der Waals surface area contributed by atoms with Crippen molar-refractivity contribution in [1.82, 2.24) is 19.6 Å². The maximum Gasteiger partial charge on any atom is 0.333 e. The fraction of sp³-hybridized carbons (Fsp3) is 0.167. The number of carbonyl (C=O) groups excluding carboxylic acids is 3. The summed E-state index contributed by atoms with van der Waals surface area (Å²) in [5.74, 6) is -0.0827. The molecule has 0 radical (unpaired) electrons. The first-order valence-corrected chi connectivity index (χ1v) is 10.3. The van der Waals surface area contributed by atoms with E-state index in [2.05, 4.69) is 0 Å². The van der Waals surface area contributed by atoms with Crippen molar-refractivity contribution in [2.24, 2.45) is 0 Å². The number of hydrogen-bond donors (Lipinski definition) is 0. The standard InChI is InChI=1S/C24H20N4O5/c1-26-22(29)18(23(30)27(2)24(26)31)12-16-14-28(17-6-4-3-5-7-17)25-21(16)15-8-9-19-20(13-15)33-11-10-32-19/h3-9,12-14H,10-11H2,1-2H3. The molecule has 33 heavy (non-hydrogen) atoms. The number of barbiturate groups is 1. The van der Waals surface area contributed by atoms with Crippen LogP contribution in [0.25, 0.3) is 23.0 Å². The summed E-state index contributed by atoms with van der Waals surface area (Å²) in [7, 11) is 2.69. The molecule has 0 atom stereocenters. The zero-order valence-electron chi connectivity index (χ0n) is 18.0. The molecule has 5 rings (SSSR count). The van der Waals surface area contributed by atoms with Gasteiger partial charge in [-0.2, -0.15) is 5.10 Å². The summed E-state index contributed by atoms with van der Waals surface area (Å²) in [4.78, 5) is 39.4. The predicted octanol–water partition coefficient (Wildman–Crippen LogP) is 2.74. The fourth-order valence-corrected chi connectivity index (χ4v) is 3.75. The van der Waals surface area contributed by atoms with Gasteiger partial charge >= 0.3 is 6.03 Å². The Labute approximate surface area is 189 Å². The van der Waals surface area contributed by atoms with Gasteiger partial charge in [-0.15, -0.1) is 0 Å². The first-order valence-electron chi connectivity index (χ1n) is 10.3. The number of hydrogen-bond acceptors (Lipinski definition) is 6. The highest BCUT2D eigenvalue weighted by molar-refractivity contribution is 6.30. The molecule has 9 nitrogen and oxygen atoms in total. The fourth-order valence-electron chi connectivity index (χ4n) is 3.75. The number of ether oxygens (including phenoxy) is 2. The van der Waals surface area contributed by atoms with Crippen LogP contribution in [0, 0.1) is 0 Å². The van der Waals surface area contributed by atoms with Crippen molar-refractivity contribution in [2.45, 2.75) is 0 Å². The van der Waals surface area contributed by atoms with E-state index >= 15 is 0 Å². The summed E-state index contributed by atoms with van der Waals surface area (Å²) in [6.45, 7) is 0.928. The Hall–Kier alpha value is -4.40. The van der Waals surface area contributed by atoms with Crippen LogP contribution >= 0.6 is 0 Å². The molecule has 2 aliphatic heterocycles. The molecular formula is C24H20N4O5. The summed E-state index contributed by atoms with van der Waals surface area (Å²) >= 11 is 0. The lowest BCUT2D eigenvalue weighted by atomic mass is 10.0. The normalized spacial score (nSPS) is 15.8. The van der Waals surface area contributed by atoms with Crippen LogP contribution in [0.15, 0.2) is 60.3 Å². The molecule has 2 aromatic carbocycles. The summed E-state index contributed by atoms with van der Waals surface area (Å²) in [6.07, 6.45) is 3.22. The number of carbonyl (C=O) groups is 3. The minimum atomic E-state index is -0.672. The molecule has 0 aliphatic carbocycles. The van der Waals surface area contributed by atoms with Gasteiger partial charge in [-0.1, -0.05) is 18.2 Å². The van der Waals surface area contributed by atoms with Crippen LogP contribution in [-0.2, 0) is 9.59 Å². The molecule has 3 aromatic rings. The van der Waals surface area contributed by atoms with Crippen LogP contribution in [-0.4, -0.2) is 64.7 Å². The van der Waals surface area contributed by atoms with Crippen LogP contribution in [0.5, 0.6) is 11.5 Å². The van der Waals surface area contributed by atoms with Crippen LogP contribution in [0.2, 0.25) is 0 Å². The number of rotatable bonds is 3. The number of fused-ring (bicyclic) bond motifs is 1. The molecule has 0 saturated carbocycles. The van der Waals surface area contributed by atoms with Crippen molar-refractivity contribution >= 4 is 23.9 Å². The molecule has 3 heterocycles. The van der Waals surface area contributed by atoms with Gasteiger partial charge in [0.25, 0.3) is 11.8 Å². The van der Waals surface area contributed by atoms with E-state index < -0.39 is 17.8 Å². The Kier molecular flexibility index (Phi) is 4.93. The van der Waals surface area contributed by atoms with E-state index in [1.165, 1.54) is 20.2 Å². The Bertz CT molecular complexity index is 1290. The number of benzene rings is 2. The minimum absolute atomic E-state index is 0.119. The van der Waals surface area contributed by atoms with E-state index in [4.69, 9.17) is 14.6 Å². The molecule has 0 bridgehead atoms. The van der Waals surface area contributed by atoms with E-state index in [-0.39, 0.29) is 5.57 Å². The molecule has 0 unspecified atom stereocenters. The van der Waals surface area contributed by atoms with Gasteiger partial charge in [0.1, 0.15) is 24.5 Å². The smallest absolute Gasteiger partial charge is 0.333 e. The lowest BCUT2D eigenvalue weighted by Crippen LogP contribution is -2.52. The van der Waals surface area contributed by atoms with Gasteiger partial charge in [0.15, 0.2) is 11.5 Å². The maximum atomic E-state index is 12.7. The second kappa shape index (κ2) is 7.94. The van der Waals surface area contributed by atoms with Crippen molar-refractivity contribution in [3.05, 3.63) is 65.9 Å². The first-order chi connectivity index (χ1) is 15.9. The number of urea groups is 1. The van der Waals surface area contributed by atoms with Gasteiger partial charge in [0, 0.05) is 31.4 Å². The summed E-state index contributed by atoms with van der Waals surface area (Å²) < 4.78 is 13.0. The van der Waals surface area contributed by atoms with Gasteiger partial charge in [-0.3, -0.25) is 19.4 Å². The average Bonchev–Trinajstić information content (AvgIpc) is 3.28. The van der Waals surface area contributed by atoms with Crippen LogP contribution in [0.3, 0.4) is 0 Å². The summed E-state index contributed by atoms with van der Waals surface area (Å²) in [5, 5.41) is 4.73. The van der Waals surface area contributed by atoms with E-state index in [9.17, 15) is 14.4 Å². The van der Waals surface area contributed by atoms with Crippen molar-refractivity contribution in [3.8, 4) is 28.4 Å². The van der Waals surface area contributed by atoms with Crippen LogP contribution < -0.4 is 9.47 Å². The van der Waals surface area contributed by atoms with Crippen molar-refractivity contribution < 1.29 is 23.9 Å². The van der Waals surface area contributed by atoms with Crippen LogP contribution in [0.4, 0.5) is 4.79 Å². The van der Waals surface area contributed by atoms with Gasteiger partial charge in [-0.05, 0) is 36.4 Å². The lowest BCUT2D eigenvalue weighted by molar-refractivity contribution is -0.134. The molecule has 1 aromatic heterocycles. The largest absolute Gasteiger partial charge is 0.486 e. The minimum Gasteiger partial charge on any atom is -0.486 e. The van der Waals surface area contributed by atoms with Gasteiger partial charge < -0.3 is 9.47 Å². The molecule has 1 fully saturated rings. The van der Waals surface area contributed by atoms with E-state index in [0.29, 0.717) is 36.0 Å².